The molecule has 0 saturated carbocycles. The number of anilines is 3. The van der Waals surface area contributed by atoms with Gasteiger partial charge in [0.25, 0.3) is 5.91 Å². The van der Waals surface area contributed by atoms with Gasteiger partial charge in [-0.25, -0.2) is 9.97 Å². The molecule has 0 bridgehead atoms. The Morgan fingerprint density at radius 2 is 1.70 bits per heavy atom. The molecule has 0 aliphatic carbocycles. The topological polar surface area (TPSA) is 96.2 Å². The van der Waals surface area contributed by atoms with Crippen molar-refractivity contribution in [2.75, 3.05) is 23.1 Å². The number of benzene rings is 3. The maximum atomic E-state index is 12.7. The van der Waals surface area contributed by atoms with Crippen molar-refractivity contribution in [2.45, 2.75) is 6.54 Å². The first-order chi connectivity index (χ1) is 14.6. The first-order valence-corrected chi connectivity index (χ1v) is 9.53. The molecule has 4 N–H and O–H groups in total. The summed E-state index contributed by atoms with van der Waals surface area (Å²) in [4.78, 5) is 23.1. The standard InChI is InChI=1S/C23H22N6O/c1-29(14-16-8-3-2-4-9-16)22-20(24)21(25-15-26-22)27-28-23(30)19-13-7-11-17-10-5-6-12-18(17)19/h2-13,15H,14,24H2,1H3,(H,28,30)(H,25,26,27). The molecular formula is C23H22N6O. The van der Waals surface area contributed by atoms with E-state index in [-0.39, 0.29) is 5.91 Å². The second kappa shape index (κ2) is 8.48. The van der Waals surface area contributed by atoms with Gasteiger partial charge in [0.2, 0.25) is 0 Å². The molecule has 1 heterocycles. The number of aromatic nitrogens is 2. The quantitative estimate of drug-likeness (QED) is 0.430. The van der Waals surface area contributed by atoms with E-state index in [0.717, 1.165) is 16.3 Å². The third kappa shape index (κ3) is 4.00. The summed E-state index contributed by atoms with van der Waals surface area (Å²) >= 11 is 0. The van der Waals surface area contributed by atoms with E-state index in [1.807, 2.05) is 78.7 Å². The third-order valence-electron chi connectivity index (χ3n) is 4.82. The van der Waals surface area contributed by atoms with Gasteiger partial charge in [-0.1, -0.05) is 66.7 Å². The molecule has 0 spiro atoms. The highest BCUT2D eigenvalue weighted by Crippen LogP contribution is 2.26. The molecule has 0 fully saturated rings. The third-order valence-corrected chi connectivity index (χ3v) is 4.82. The molecule has 3 aromatic carbocycles. The van der Waals surface area contributed by atoms with E-state index in [1.54, 1.807) is 6.07 Å². The van der Waals surface area contributed by atoms with Crippen molar-refractivity contribution in [3.8, 4) is 0 Å². The Labute approximate surface area is 174 Å². The van der Waals surface area contributed by atoms with Crippen LogP contribution in [0, 0.1) is 0 Å². The molecule has 4 aromatic rings. The lowest BCUT2D eigenvalue weighted by atomic mass is 10.0. The van der Waals surface area contributed by atoms with Gasteiger partial charge >= 0.3 is 0 Å². The number of hydrazine groups is 1. The van der Waals surface area contributed by atoms with Crippen LogP contribution in [-0.2, 0) is 6.54 Å². The lowest BCUT2D eigenvalue weighted by Crippen LogP contribution is -2.31. The minimum absolute atomic E-state index is 0.274. The highest BCUT2D eigenvalue weighted by molar-refractivity contribution is 6.07. The SMILES string of the molecule is CN(Cc1ccccc1)c1ncnc(NNC(=O)c2cccc3ccccc23)c1N. The van der Waals surface area contributed by atoms with Gasteiger partial charge in [-0.15, -0.1) is 0 Å². The van der Waals surface area contributed by atoms with E-state index in [1.165, 1.54) is 6.33 Å². The second-order valence-electron chi connectivity index (χ2n) is 6.91. The average molecular weight is 398 g/mol. The fourth-order valence-corrected chi connectivity index (χ4v) is 3.33. The van der Waals surface area contributed by atoms with Gasteiger partial charge < -0.3 is 10.6 Å². The summed E-state index contributed by atoms with van der Waals surface area (Å²) in [6.07, 6.45) is 1.42. The number of nitrogen functional groups attached to an aromatic ring is 1. The number of rotatable bonds is 6. The molecule has 7 heteroatoms. The molecule has 30 heavy (non-hydrogen) atoms. The van der Waals surface area contributed by atoms with Crippen molar-refractivity contribution in [3.63, 3.8) is 0 Å². The van der Waals surface area contributed by atoms with Gasteiger partial charge in [0.05, 0.1) is 0 Å². The molecule has 0 atom stereocenters. The van der Waals surface area contributed by atoms with Crippen LogP contribution in [0.3, 0.4) is 0 Å². The Balaban J connectivity index is 1.50. The molecule has 0 radical (unpaired) electrons. The van der Waals surface area contributed by atoms with E-state index >= 15 is 0 Å². The van der Waals surface area contributed by atoms with E-state index in [4.69, 9.17) is 5.73 Å². The van der Waals surface area contributed by atoms with Crippen LogP contribution in [0.15, 0.2) is 79.1 Å². The maximum Gasteiger partial charge on any atom is 0.270 e. The zero-order valence-corrected chi connectivity index (χ0v) is 16.5. The number of nitrogens with zero attached hydrogens (tertiary/aromatic N) is 3. The average Bonchev–Trinajstić information content (AvgIpc) is 2.78. The number of nitrogens with two attached hydrogens (primary N) is 1. The molecule has 0 saturated heterocycles. The zero-order chi connectivity index (χ0) is 20.9. The number of carbonyl (C=O) groups is 1. The molecule has 0 aliphatic heterocycles. The normalized spacial score (nSPS) is 10.6. The van der Waals surface area contributed by atoms with E-state index in [2.05, 4.69) is 20.8 Å². The highest BCUT2D eigenvalue weighted by Gasteiger charge is 2.14. The van der Waals surface area contributed by atoms with Gasteiger partial charge in [0, 0.05) is 19.2 Å². The molecule has 0 aliphatic rings. The summed E-state index contributed by atoms with van der Waals surface area (Å²) in [5, 5.41) is 1.87. The predicted molar refractivity (Wildman–Crippen MR) is 120 cm³/mol. The summed E-state index contributed by atoms with van der Waals surface area (Å²) in [7, 11) is 1.91. The minimum atomic E-state index is -0.274. The van der Waals surface area contributed by atoms with Gasteiger partial charge in [-0.05, 0) is 22.4 Å². The van der Waals surface area contributed by atoms with Gasteiger partial charge in [0.1, 0.15) is 12.0 Å². The van der Waals surface area contributed by atoms with Gasteiger partial charge in [-0.2, -0.15) is 0 Å². The second-order valence-corrected chi connectivity index (χ2v) is 6.91. The number of amides is 1. The Kier molecular flexibility index (Phi) is 5.43. The minimum Gasteiger partial charge on any atom is -0.393 e. The Morgan fingerprint density at radius 1 is 0.967 bits per heavy atom. The maximum absolute atomic E-state index is 12.7. The van der Waals surface area contributed by atoms with E-state index in [9.17, 15) is 4.79 Å². The smallest absolute Gasteiger partial charge is 0.270 e. The summed E-state index contributed by atoms with van der Waals surface area (Å²) in [6, 6.07) is 23.4. The summed E-state index contributed by atoms with van der Waals surface area (Å²) in [6.45, 7) is 0.643. The number of hydrogen-bond acceptors (Lipinski definition) is 6. The molecule has 150 valence electrons. The first kappa shape index (κ1) is 19.2. The van der Waals surface area contributed by atoms with E-state index < -0.39 is 0 Å². The molecule has 1 amide bonds. The van der Waals surface area contributed by atoms with Crippen molar-refractivity contribution < 1.29 is 4.79 Å². The lowest BCUT2D eigenvalue weighted by Gasteiger charge is -2.21. The van der Waals surface area contributed by atoms with Crippen molar-refractivity contribution in [3.05, 3.63) is 90.3 Å². The van der Waals surface area contributed by atoms with Crippen LogP contribution < -0.4 is 21.5 Å². The lowest BCUT2D eigenvalue weighted by molar-refractivity contribution is 0.0964. The number of carbonyl (C=O) groups excluding carboxylic acids is 1. The zero-order valence-electron chi connectivity index (χ0n) is 16.5. The first-order valence-electron chi connectivity index (χ1n) is 9.53. The van der Waals surface area contributed by atoms with Crippen LogP contribution >= 0.6 is 0 Å². The fourth-order valence-electron chi connectivity index (χ4n) is 3.33. The van der Waals surface area contributed by atoms with Crippen LogP contribution in [0.4, 0.5) is 17.3 Å². The Bertz CT molecular complexity index is 1170. The van der Waals surface area contributed by atoms with Gasteiger partial charge in [0.15, 0.2) is 11.6 Å². The number of fused-ring (bicyclic) bond motifs is 1. The molecule has 4 rings (SSSR count). The molecule has 0 unspecified atom stereocenters. The predicted octanol–water partition coefficient (Wildman–Crippen LogP) is 3.61. The number of nitrogens with one attached hydrogen (secondary N) is 2. The summed E-state index contributed by atoms with van der Waals surface area (Å²) in [5.41, 5.74) is 13.8. The van der Waals surface area contributed by atoms with Crippen molar-refractivity contribution in [1.29, 1.82) is 0 Å². The van der Waals surface area contributed by atoms with Crippen LogP contribution in [0.2, 0.25) is 0 Å². The van der Waals surface area contributed by atoms with Gasteiger partial charge in [-0.3, -0.25) is 15.6 Å². The van der Waals surface area contributed by atoms with E-state index in [0.29, 0.717) is 29.4 Å². The largest absolute Gasteiger partial charge is 0.393 e. The highest BCUT2D eigenvalue weighted by atomic mass is 16.2. The fraction of sp³-hybridized carbons (Fsp3) is 0.0870. The monoisotopic (exact) mass is 398 g/mol. The molecule has 7 nitrogen and oxygen atoms in total. The summed E-state index contributed by atoms with van der Waals surface area (Å²) in [5.74, 6) is 0.647. The number of hydrogen-bond donors (Lipinski definition) is 3. The Hall–Kier alpha value is -4.13. The van der Waals surface area contributed by atoms with Crippen molar-refractivity contribution >= 4 is 34.0 Å². The summed E-state index contributed by atoms with van der Waals surface area (Å²) < 4.78 is 0. The molecule has 1 aromatic heterocycles. The van der Waals surface area contributed by atoms with Crippen LogP contribution in [0.25, 0.3) is 10.8 Å². The van der Waals surface area contributed by atoms with Crippen molar-refractivity contribution in [2.24, 2.45) is 0 Å². The molecular weight excluding hydrogens is 376 g/mol. The van der Waals surface area contributed by atoms with Crippen LogP contribution in [-0.4, -0.2) is 22.9 Å². The van der Waals surface area contributed by atoms with Crippen LogP contribution in [0.5, 0.6) is 0 Å². The van der Waals surface area contributed by atoms with Crippen molar-refractivity contribution in [1.82, 2.24) is 15.4 Å². The van der Waals surface area contributed by atoms with Crippen LogP contribution in [0.1, 0.15) is 15.9 Å². The Morgan fingerprint density at radius 3 is 2.53 bits per heavy atom.